The smallest absolute Gasteiger partial charge is 0.381 e. The Kier molecular flexibility index (Phi) is 8.71. The van der Waals surface area contributed by atoms with Crippen molar-refractivity contribution in [3.63, 3.8) is 0 Å². The predicted octanol–water partition coefficient (Wildman–Crippen LogP) is 6.66. The van der Waals surface area contributed by atoms with Crippen LogP contribution in [0, 0.1) is 31.4 Å². The third-order valence-corrected chi connectivity index (χ3v) is 13.7. The lowest BCUT2D eigenvalue weighted by Gasteiger charge is -2.34. The molecule has 3 aliphatic rings. The fourth-order valence-corrected chi connectivity index (χ4v) is 10.3. The van der Waals surface area contributed by atoms with Crippen molar-refractivity contribution in [2.24, 2.45) is 13.0 Å². The highest BCUT2D eigenvalue weighted by Crippen LogP contribution is 2.56. The summed E-state index contributed by atoms with van der Waals surface area (Å²) in [6.07, 6.45) is 7.44. The monoisotopic (exact) mass is 854 g/mol. The van der Waals surface area contributed by atoms with Crippen molar-refractivity contribution >= 4 is 27.7 Å². The van der Waals surface area contributed by atoms with Crippen LogP contribution in [0.2, 0.25) is 0 Å². The fraction of sp³-hybridized carbons (Fsp3) is 0.348. The Morgan fingerprint density at radius 2 is 1.68 bits per heavy atom. The van der Waals surface area contributed by atoms with E-state index in [-0.39, 0.29) is 23.3 Å². The number of rotatable bonds is 7. The first-order valence-electron chi connectivity index (χ1n) is 21.3. The topological polar surface area (TPSA) is 156 Å². The van der Waals surface area contributed by atoms with Crippen molar-refractivity contribution in [1.29, 1.82) is 0 Å². The summed E-state index contributed by atoms with van der Waals surface area (Å²) in [4.78, 5) is 47.0. The molecule has 3 atom stereocenters. The van der Waals surface area contributed by atoms with E-state index in [1.807, 2.05) is 17.6 Å². The van der Waals surface area contributed by atoms with Crippen LogP contribution in [-0.4, -0.2) is 74.0 Å². The van der Waals surface area contributed by atoms with Gasteiger partial charge in [-0.3, -0.25) is 28.1 Å². The van der Waals surface area contributed by atoms with Crippen molar-refractivity contribution in [3.8, 4) is 17.2 Å². The summed E-state index contributed by atoms with van der Waals surface area (Å²) < 4.78 is 49.4. The van der Waals surface area contributed by atoms with Gasteiger partial charge in [-0.2, -0.15) is 10.2 Å². The molecule has 63 heavy (non-hydrogen) atoms. The Hall–Kier alpha value is -6.88. The minimum atomic E-state index is -0.845. The van der Waals surface area contributed by atoms with Crippen molar-refractivity contribution < 1.29 is 22.8 Å². The number of aryl methyl sites for hydroxylation is 3. The van der Waals surface area contributed by atoms with Crippen LogP contribution in [0.1, 0.15) is 89.3 Å². The summed E-state index contributed by atoms with van der Waals surface area (Å²) in [5, 5.41) is 15.0. The molecule has 0 spiro atoms. The second kappa shape index (κ2) is 14.1. The molecule has 1 saturated carbocycles. The first kappa shape index (κ1) is 39.0. The van der Waals surface area contributed by atoms with E-state index in [0.29, 0.717) is 94.8 Å². The molecule has 2 aliphatic heterocycles. The molecule has 7 heterocycles. The summed E-state index contributed by atoms with van der Waals surface area (Å²) in [6.45, 7) is 8.99. The number of benzene rings is 3. The van der Waals surface area contributed by atoms with Crippen molar-refractivity contribution in [2.75, 3.05) is 19.8 Å². The molecule has 5 aromatic heterocycles. The summed E-state index contributed by atoms with van der Waals surface area (Å²) in [5.41, 5.74) is 4.23. The number of halogens is 2. The zero-order valence-corrected chi connectivity index (χ0v) is 35.4. The number of carbonyl (C=O) groups is 1. The SMILES string of the molecule is Cc1cc(-n2nc3c(c2-n2ccn(-c4cc5cnn(C)c5cc4F)c2=O)[C@H](C)N(C(=O)c2cc4cc(C5CCOCC5)ccc4n2[C@@]2(c4noc(=O)[nH]4)C[C@@H]2C)CC3)cc(C)c1F. The third kappa shape index (κ3) is 5.85. The molecule has 1 saturated heterocycles. The van der Waals surface area contributed by atoms with E-state index in [1.165, 1.54) is 27.0 Å². The summed E-state index contributed by atoms with van der Waals surface area (Å²) in [6, 6.07) is 13.9. The molecule has 1 amide bonds. The Labute approximate surface area is 358 Å². The molecular weight excluding hydrogens is 811 g/mol. The van der Waals surface area contributed by atoms with E-state index in [0.717, 1.165) is 23.7 Å². The van der Waals surface area contributed by atoms with E-state index >= 15 is 13.6 Å². The number of nitrogens with zero attached hydrogens (tertiary/aromatic N) is 9. The number of aromatic nitrogens is 9. The van der Waals surface area contributed by atoms with Gasteiger partial charge in [-0.05, 0) is 105 Å². The maximum absolute atomic E-state index is 15.8. The molecular formula is C46H44F2N10O5. The van der Waals surface area contributed by atoms with E-state index in [4.69, 9.17) is 14.4 Å². The number of amides is 1. The Morgan fingerprint density at radius 3 is 2.40 bits per heavy atom. The molecule has 1 aliphatic carbocycles. The lowest BCUT2D eigenvalue weighted by Crippen LogP contribution is -2.41. The molecule has 3 aromatic carbocycles. The van der Waals surface area contributed by atoms with Crippen LogP contribution in [0.15, 0.2) is 81.2 Å². The van der Waals surface area contributed by atoms with Crippen LogP contribution in [-0.2, 0) is 23.7 Å². The van der Waals surface area contributed by atoms with Crippen LogP contribution < -0.4 is 11.4 Å². The lowest BCUT2D eigenvalue weighted by molar-refractivity contribution is 0.0663. The standard InChI is InChI=1S/C46H44F2N10O5/c1-24-16-32(17-25(2)40(24)48)58-41(56-13-12-55(45(56)61)37-20-31-23-49-53(5)36(31)21-33(37)47)39-27(4)54(11-8-34(39)51-58)42(59)38-19-30-18-29(28-9-14-62-15-10-28)6-7-35(30)57(38)46(22-26(46)3)43-50-44(60)63-52-43/h6-7,12-13,16-21,23,26-28H,8-11,14-15,22H2,1-5H3,(H,50,52,60)/t26-,27-,46-/m0/s1. The molecule has 0 unspecified atom stereocenters. The number of aromatic amines is 1. The number of hydrogen-bond acceptors (Lipinski definition) is 8. The molecule has 15 nitrogen and oxygen atoms in total. The molecule has 8 aromatic rings. The van der Waals surface area contributed by atoms with Crippen molar-refractivity contribution in [3.05, 3.63) is 139 Å². The van der Waals surface area contributed by atoms with Crippen LogP contribution in [0.3, 0.4) is 0 Å². The fourth-order valence-electron chi connectivity index (χ4n) is 10.3. The van der Waals surface area contributed by atoms with Gasteiger partial charge >= 0.3 is 11.4 Å². The number of H-pyrrole nitrogens is 1. The van der Waals surface area contributed by atoms with Gasteiger partial charge in [0, 0.05) is 73.5 Å². The molecule has 11 rings (SSSR count). The number of hydrogen-bond donors (Lipinski definition) is 1. The minimum Gasteiger partial charge on any atom is -0.381 e. The normalized spacial score (nSPS) is 20.3. The largest absolute Gasteiger partial charge is 0.438 e. The molecule has 2 fully saturated rings. The summed E-state index contributed by atoms with van der Waals surface area (Å²) in [7, 11) is 1.72. The number of imidazole rings is 1. The average Bonchev–Trinajstić information content (AvgIpc) is 3.90. The number of fused-ring (bicyclic) bond motifs is 3. The highest BCUT2D eigenvalue weighted by atomic mass is 19.1. The second-order valence-corrected chi connectivity index (χ2v) is 17.4. The van der Waals surface area contributed by atoms with E-state index in [9.17, 15) is 9.59 Å². The Balaban J connectivity index is 1.06. The second-order valence-electron chi connectivity index (χ2n) is 17.4. The van der Waals surface area contributed by atoms with Gasteiger partial charge in [0.1, 0.15) is 28.7 Å². The molecule has 17 heteroatoms. The summed E-state index contributed by atoms with van der Waals surface area (Å²) >= 11 is 0. The van der Waals surface area contributed by atoms with E-state index in [1.54, 1.807) is 65.8 Å². The highest BCUT2D eigenvalue weighted by Gasteiger charge is 2.59. The molecule has 322 valence electrons. The van der Waals surface area contributed by atoms with Gasteiger partial charge in [0.2, 0.25) is 0 Å². The van der Waals surface area contributed by atoms with Crippen LogP contribution in [0.4, 0.5) is 8.78 Å². The van der Waals surface area contributed by atoms with Gasteiger partial charge in [-0.25, -0.2) is 23.1 Å². The number of nitrogens with one attached hydrogen (secondary N) is 1. The van der Waals surface area contributed by atoms with E-state index in [2.05, 4.69) is 40.4 Å². The van der Waals surface area contributed by atoms with Gasteiger partial charge in [0.15, 0.2) is 5.82 Å². The quantitative estimate of drug-likeness (QED) is 0.187. The van der Waals surface area contributed by atoms with Gasteiger partial charge in [-0.1, -0.05) is 18.1 Å². The Morgan fingerprint density at radius 1 is 0.937 bits per heavy atom. The molecule has 1 N–H and O–H groups in total. The zero-order valence-electron chi connectivity index (χ0n) is 35.4. The maximum atomic E-state index is 15.8. The highest BCUT2D eigenvalue weighted by molar-refractivity contribution is 6.00. The maximum Gasteiger partial charge on any atom is 0.438 e. The van der Waals surface area contributed by atoms with Gasteiger partial charge in [-0.15, -0.1) is 0 Å². The van der Waals surface area contributed by atoms with Gasteiger partial charge in [0.25, 0.3) is 5.91 Å². The zero-order chi connectivity index (χ0) is 43.6. The number of carbonyl (C=O) groups excluding carboxylic acids is 1. The lowest BCUT2D eigenvalue weighted by atomic mass is 9.91. The first-order valence-corrected chi connectivity index (χ1v) is 21.3. The molecule has 0 radical (unpaired) electrons. The first-order chi connectivity index (χ1) is 30.3. The van der Waals surface area contributed by atoms with E-state index < -0.39 is 28.8 Å². The predicted molar refractivity (Wildman–Crippen MR) is 228 cm³/mol. The van der Waals surface area contributed by atoms with Crippen LogP contribution in [0.5, 0.6) is 0 Å². The average molecular weight is 855 g/mol. The van der Waals surface area contributed by atoms with Crippen LogP contribution in [0.25, 0.3) is 39.0 Å². The van der Waals surface area contributed by atoms with Crippen molar-refractivity contribution in [1.82, 2.24) is 48.3 Å². The summed E-state index contributed by atoms with van der Waals surface area (Å²) in [5.74, 6) is -0.857. The van der Waals surface area contributed by atoms with Gasteiger partial charge in [0.05, 0.1) is 34.8 Å². The minimum absolute atomic E-state index is 0.00743. The molecule has 0 bridgehead atoms. The third-order valence-electron chi connectivity index (χ3n) is 13.7. The van der Waals surface area contributed by atoms with Gasteiger partial charge < -0.3 is 14.2 Å². The number of ether oxygens (including phenoxy) is 1. The van der Waals surface area contributed by atoms with Crippen molar-refractivity contribution in [2.45, 2.75) is 70.9 Å². The van der Waals surface area contributed by atoms with Crippen LogP contribution >= 0.6 is 0 Å². The Bertz CT molecular complexity index is 3280.